The molecule has 0 aliphatic heterocycles. The molecule has 0 atom stereocenters. The summed E-state index contributed by atoms with van der Waals surface area (Å²) in [6, 6.07) is 0. The van der Waals surface area contributed by atoms with Crippen molar-refractivity contribution in [3.8, 4) is 11.3 Å². The molecular weight excluding hydrogens is 244 g/mol. The van der Waals surface area contributed by atoms with Crippen molar-refractivity contribution < 1.29 is 0 Å². The monoisotopic (exact) mass is 262 g/mol. The summed E-state index contributed by atoms with van der Waals surface area (Å²) in [4.78, 5) is 4.75. The van der Waals surface area contributed by atoms with Gasteiger partial charge in [0.2, 0.25) is 0 Å². The first-order valence-electron chi connectivity index (χ1n) is 6.34. The van der Waals surface area contributed by atoms with Gasteiger partial charge in [0.15, 0.2) is 0 Å². The molecule has 0 bridgehead atoms. The van der Waals surface area contributed by atoms with Gasteiger partial charge in [-0.25, -0.2) is 4.98 Å². The molecule has 4 nitrogen and oxygen atoms in total. The third-order valence-corrected chi connectivity index (χ3v) is 4.78. The first kappa shape index (κ1) is 11.9. The number of nitrogens with zero attached hydrogens (tertiary/aromatic N) is 3. The Morgan fingerprint density at radius 3 is 2.72 bits per heavy atom. The van der Waals surface area contributed by atoms with E-state index in [4.69, 9.17) is 10.7 Å². The van der Waals surface area contributed by atoms with Gasteiger partial charge in [-0.05, 0) is 19.8 Å². The van der Waals surface area contributed by atoms with Gasteiger partial charge in [-0.2, -0.15) is 5.10 Å². The Morgan fingerprint density at radius 1 is 1.39 bits per heavy atom. The Balaban J connectivity index is 1.96. The molecule has 0 unspecified atom stereocenters. The van der Waals surface area contributed by atoms with Crippen molar-refractivity contribution in [3.63, 3.8) is 0 Å². The fourth-order valence-electron chi connectivity index (χ4n) is 2.70. The topological polar surface area (TPSA) is 56.7 Å². The van der Waals surface area contributed by atoms with Crippen LogP contribution in [0.2, 0.25) is 0 Å². The highest BCUT2D eigenvalue weighted by atomic mass is 32.1. The van der Waals surface area contributed by atoms with Crippen LogP contribution in [0.3, 0.4) is 0 Å². The van der Waals surface area contributed by atoms with E-state index in [1.165, 1.54) is 12.8 Å². The number of aryl methyl sites for hydroxylation is 2. The summed E-state index contributed by atoms with van der Waals surface area (Å²) in [6.45, 7) is 2.02. The van der Waals surface area contributed by atoms with Crippen LogP contribution in [0.5, 0.6) is 0 Å². The molecule has 0 aromatic carbocycles. The van der Waals surface area contributed by atoms with E-state index in [1.54, 1.807) is 11.3 Å². The molecule has 2 heterocycles. The van der Waals surface area contributed by atoms with Crippen LogP contribution >= 0.6 is 11.3 Å². The maximum atomic E-state index is 6.44. The van der Waals surface area contributed by atoms with Crippen molar-refractivity contribution >= 4 is 11.3 Å². The normalized spacial score (nSPS) is 18.4. The van der Waals surface area contributed by atoms with Crippen molar-refractivity contribution in [1.82, 2.24) is 14.8 Å². The maximum Gasteiger partial charge on any atom is 0.113 e. The number of hydrogen-bond acceptors (Lipinski definition) is 4. The van der Waals surface area contributed by atoms with Crippen molar-refractivity contribution in [1.29, 1.82) is 0 Å². The second-order valence-electron chi connectivity index (χ2n) is 5.20. The molecule has 2 aromatic rings. The van der Waals surface area contributed by atoms with Crippen LogP contribution in [0.15, 0.2) is 11.6 Å². The van der Waals surface area contributed by atoms with Gasteiger partial charge in [-0.1, -0.05) is 12.8 Å². The van der Waals surface area contributed by atoms with Crippen molar-refractivity contribution in [3.05, 3.63) is 22.3 Å². The summed E-state index contributed by atoms with van der Waals surface area (Å²) in [5, 5.41) is 7.55. The molecule has 0 spiro atoms. The van der Waals surface area contributed by atoms with Crippen LogP contribution in [0.25, 0.3) is 11.3 Å². The molecule has 0 radical (unpaired) electrons. The maximum absolute atomic E-state index is 6.44. The zero-order chi connectivity index (χ0) is 12.8. The molecule has 5 heteroatoms. The lowest BCUT2D eigenvalue weighted by Crippen LogP contribution is -2.32. The number of aromatic nitrogens is 3. The summed E-state index contributed by atoms with van der Waals surface area (Å²) >= 11 is 1.69. The predicted molar refractivity (Wildman–Crippen MR) is 73.4 cm³/mol. The number of hydrogen-bond donors (Lipinski definition) is 1. The van der Waals surface area contributed by atoms with Gasteiger partial charge in [0.25, 0.3) is 0 Å². The Morgan fingerprint density at radius 2 is 2.11 bits per heavy atom. The molecule has 1 aliphatic rings. The van der Waals surface area contributed by atoms with Crippen LogP contribution in [0.1, 0.15) is 36.4 Å². The van der Waals surface area contributed by atoms with Gasteiger partial charge in [0.05, 0.1) is 16.9 Å². The average molecular weight is 262 g/mol. The summed E-state index contributed by atoms with van der Waals surface area (Å²) in [6.07, 6.45) is 6.58. The molecule has 2 N–H and O–H groups in total. The van der Waals surface area contributed by atoms with Crippen LogP contribution in [0.4, 0.5) is 0 Å². The molecule has 1 saturated carbocycles. The SMILES string of the molecule is Cc1nn(C)cc1-c1csc(C2(N)CCCC2)n1. The second kappa shape index (κ2) is 4.17. The minimum absolute atomic E-state index is 0.182. The van der Waals surface area contributed by atoms with E-state index >= 15 is 0 Å². The Hall–Kier alpha value is -1.20. The molecule has 0 saturated heterocycles. The zero-order valence-corrected chi connectivity index (χ0v) is 11.6. The summed E-state index contributed by atoms with van der Waals surface area (Å²) < 4.78 is 1.83. The third-order valence-electron chi connectivity index (χ3n) is 3.72. The summed E-state index contributed by atoms with van der Waals surface area (Å²) in [5.74, 6) is 0. The fourth-order valence-corrected chi connectivity index (χ4v) is 3.69. The highest BCUT2D eigenvalue weighted by molar-refractivity contribution is 7.10. The minimum Gasteiger partial charge on any atom is -0.319 e. The fraction of sp³-hybridized carbons (Fsp3) is 0.538. The van der Waals surface area contributed by atoms with Crippen molar-refractivity contribution in [2.24, 2.45) is 12.8 Å². The summed E-state index contributed by atoms with van der Waals surface area (Å²) in [7, 11) is 1.94. The van der Waals surface area contributed by atoms with E-state index in [1.807, 2.05) is 24.9 Å². The minimum atomic E-state index is -0.182. The molecule has 1 fully saturated rings. The quantitative estimate of drug-likeness (QED) is 0.905. The van der Waals surface area contributed by atoms with Gasteiger partial charge in [0, 0.05) is 24.2 Å². The largest absolute Gasteiger partial charge is 0.319 e. The van der Waals surface area contributed by atoms with Crippen LogP contribution in [0, 0.1) is 6.92 Å². The first-order chi connectivity index (χ1) is 8.58. The first-order valence-corrected chi connectivity index (χ1v) is 7.22. The Bertz CT molecular complexity index is 563. The highest BCUT2D eigenvalue weighted by Gasteiger charge is 2.34. The molecule has 2 aromatic heterocycles. The van der Waals surface area contributed by atoms with Crippen molar-refractivity contribution in [2.45, 2.75) is 38.1 Å². The Labute approximate surface area is 111 Å². The van der Waals surface area contributed by atoms with E-state index < -0.39 is 0 Å². The molecule has 18 heavy (non-hydrogen) atoms. The lowest BCUT2D eigenvalue weighted by molar-refractivity contribution is 0.459. The van der Waals surface area contributed by atoms with Crippen LogP contribution < -0.4 is 5.73 Å². The van der Waals surface area contributed by atoms with Gasteiger partial charge >= 0.3 is 0 Å². The van der Waals surface area contributed by atoms with E-state index in [0.29, 0.717) is 0 Å². The van der Waals surface area contributed by atoms with Gasteiger partial charge in [-0.15, -0.1) is 11.3 Å². The van der Waals surface area contributed by atoms with Gasteiger partial charge in [0.1, 0.15) is 5.01 Å². The molecule has 1 aliphatic carbocycles. The van der Waals surface area contributed by atoms with Gasteiger partial charge in [-0.3, -0.25) is 4.68 Å². The zero-order valence-electron chi connectivity index (χ0n) is 10.8. The van der Waals surface area contributed by atoms with Crippen LogP contribution in [-0.2, 0) is 12.6 Å². The number of nitrogens with two attached hydrogens (primary N) is 1. The van der Waals surface area contributed by atoms with E-state index in [0.717, 1.165) is 34.8 Å². The third kappa shape index (κ3) is 1.87. The summed E-state index contributed by atoms with van der Waals surface area (Å²) in [5.41, 5.74) is 9.40. The molecular formula is C13H18N4S. The number of rotatable bonds is 2. The van der Waals surface area contributed by atoms with E-state index in [-0.39, 0.29) is 5.54 Å². The molecule has 0 amide bonds. The second-order valence-corrected chi connectivity index (χ2v) is 6.06. The van der Waals surface area contributed by atoms with E-state index in [9.17, 15) is 0 Å². The Kier molecular flexibility index (Phi) is 2.75. The standard InChI is InChI=1S/C13H18N4S/c1-9-10(7-17(2)16-9)11-8-18-12(15-11)13(14)5-3-4-6-13/h7-8H,3-6,14H2,1-2H3. The average Bonchev–Trinajstić information content (AvgIpc) is 2.99. The van der Waals surface area contributed by atoms with Crippen LogP contribution in [-0.4, -0.2) is 14.8 Å². The van der Waals surface area contributed by atoms with Gasteiger partial charge < -0.3 is 5.73 Å². The molecule has 3 rings (SSSR count). The molecule has 96 valence electrons. The lowest BCUT2D eigenvalue weighted by atomic mass is 10.0. The lowest BCUT2D eigenvalue weighted by Gasteiger charge is -2.19. The predicted octanol–water partition coefficient (Wildman–Crippen LogP) is 2.58. The van der Waals surface area contributed by atoms with Crippen molar-refractivity contribution in [2.75, 3.05) is 0 Å². The smallest absolute Gasteiger partial charge is 0.113 e. The number of thiazole rings is 1. The van der Waals surface area contributed by atoms with E-state index in [2.05, 4.69) is 10.5 Å². The highest BCUT2D eigenvalue weighted by Crippen LogP contribution is 2.39.